The zero-order valence-corrected chi connectivity index (χ0v) is 11.5. The molecule has 2 nitrogen and oxygen atoms in total. The molecule has 1 atom stereocenters. The molecule has 0 spiro atoms. The maximum Gasteiger partial charge on any atom is 0.222 e. The number of hydrogen-bond donors (Lipinski definition) is 1. The number of nitrogens with zero attached hydrogens (tertiary/aromatic N) is 1. The Morgan fingerprint density at radius 2 is 2.06 bits per heavy atom. The van der Waals surface area contributed by atoms with E-state index in [1.54, 1.807) is 0 Å². The van der Waals surface area contributed by atoms with Gasteiger partial charge in [0.1, 0.15) is 0 Å². The number of carbonyl (C=O) groups excluding carboxylic acids is 1. The molecular weight excluding hydrogens is 218 g/mol. The lowest BCUT2D eigenvalue weighted by Crippen LogP contribution is -2.33. The Labute approximate surface area is 104 Å². The van der Waals surface area contributed by atoms with Crippen molar-refractivity contribution in [1.82, 2.24) is 4.90 Å². The van der Waals surface area contributed by atoms with Crippen molar-refractivity contribution in [2.75, 3.05) is 18.8 Å². The summed E-state index contributed by atoms with van der Waals surface area (Å²) in [5.41, 5.74) is 0.619. The van der Waals surface area contributed by atoms with Crippen LogP contribution < -0.4 is 0 Å². The molecule has 0 aromatic rings. The third kappa shape index (κ3) is 2.39. The fourth-order valence-corrected chi connectivity index (χ4v) is 2.87. The Hall–Kier alpha value is -0.180. The largest absolute Gasteiger partial charge is 0.342 e. The summed E-state index contributed by atoms with van der Waals surface area (Å²) in [5.74, 6) is 1.81. The van der Waals surface area contributed by atoms with E-state index < -0.39 is 0 Å². The summed E-state index contributed by atoms with van der Waals surface area (Å²) in [5, 5.41) is 0. The van der Waals surface area contributed by atoms with E-state index in [1.165, 1.54) is 12.8 Å². The standard InChI is InChI=1S/C13H23NOS/c1-12(2,3)10-6-11(15)14(7-10)8-13(9-16)4-5-13/h10,16H,4-9H2,1-3H3. The molecule has 3 heteroatoms. The van der Waals surface area contributed by atoms with Gasteiger partial charge in [-0.2, -0.15) is 12.6 Å². The quantitative estimate of drug-likeness (QED) is 0.753. The maximum atomic E-state index is 12.0. The van der Waals surface area contributed by atoms with Crippen LogP contribution in [-0.2, 0) is 4.79 Å². The highest BCUT2D eigenvalue weighted by Crippen LogP contribution is 2.48. The van der Waals surface area contributed by atoms with Gasteiger partial charge in [-0.1, -0.05) is 20.8 Å². The summed E-state index contributed by atoms with van der Waals surface area (Å²) in [6, 6.07) is 0. The second-order valence-corrected chi connectivity index (χ2v) is 7.02. The van der Waals surface area contributed by atoms with Crippen LogP contribution in [0, 0.1) is 16.7 Å². The molecule has 1 unspecified atom stereocenters. The van der Waals surface area contributed by atoms with Gasteiger partial charge >= 0.3 is 0 Å². The highest BCUT2D eigenvalue weighted by Gasteiger charge is 2.46. The zero-order chi connectivity index (χ0) is 12.0. The highest BCUT2D eigenvalue weighted by molar-refractivity contribution is 7.80. The molecule has 1 saturated heterocycles. The molecular formula is C13H23NOS. The van der Waals surface area contributed by atoms with Gasteiger partial charge in [0.05, 0.1) is 0 Å². The van der Waals surface area contributed by atoms with Crippen LogP contribution in [0.2, 0.25) is 0 Å². The lowest BCUT2D eigenvalue weighted by Gasteiger charge is -2.27. The van der Waals surface area contributed by atoms with Gasteiger partial charge < -0.3 is 4.90 Å². The fraction of sp³-hybridized carbons (Fsp3) is 0.923. The molecule has 2 rings (SSSR count). The van der Waals surface area contributed by atoms with E-state index in [-0.39, 0.29) is 5.41 Å². The van der Waals surface area contributed by atoms with Crippen molar-refractivity contribution in [2.45, 2.75) is 40.0 Å². The summed E-state index contributed by atoms with van der Waals surface area (Å²) >= 11 is 4.41. The lowest BCUT2D eigenvalue weighted by molar-refractivity contribution is -0.128. The van der Waals surface area contributed by atoms with Crippen molar-refractivity contribution in [3.05, 3.63) is 0 Å². The average molecular weight is 241 g/mol. The molecule has 1 aliphatic heterocycles. The normalized spacial score (nSPS) is 28.6. The summed E-state index contributed by atoms with van der Waals surface area (Å²) in [6.45, 7) is 8.61. The Kier molecular flexibility index (Phi) is 3.02. The number of thiol groups is 1. The minimum Gasteiger partial charge on any atom is -0.342 e. The molecule has 2 aliphatic rings. The second-order valence-electron chi connectivity index (χ2n) is 6.70. The van der Waals surface area contributed by atoms with Crippen LogP contribution in [0.5, 0.6) is 0 Å². The summed E-state index contributed by atoms with van der Waals surface area (Å²) in [7, 11) is 0. The Morgan fingerprint density at radius 3 is 2.44 bits per heavy atom. The van der Waals surface area contributed by atoms with Crippen LogP contribution in [0.4, 0.5) is 0 Å². The molecule has 1 heterocycles. The van der Waals surface area contributed by atoms with Crippen molar-refractivity contribution >= 4 is 18.5 Å². The molecule has 0 aromatic carbocycles. The first-order valence-electron chi connectivity index (χ1n) is 6.25. The van der Waals surface area contributed by atoms with Crippen LogP contribution in [0.25, 0.3) is 0 Å². The average Bonchev–Trinajstić information content (AvgIpc) is 2.85. The predicted octanol–water partition coefficient (Wildman–Crippen LogP) is 2.59. The minimum absolute atomic E-state index is 0.252. The number of likely N-dealkylation sites (tertiary alicyclic amines) is 1. The number of carbonyl (C=O) groups is 1. The molecule has 92 valence electrons. The molecule has 1 saturated carbocycles. The Bertz CT molecular complexity index is 291. The van der Waals surface area contributed by atoms with Gasteiger partial charge in [-0.15, -0.1) is 0 Å². The third-order valence-corrected chi connectivity index (χ3v) is 4.93. The van der Waals surface area contributed by atoms with Crippen molar-refractivity contribution in [3.63, 3.8) is 0 Å². The van der Waals surface area contributed by atoms with Gasteiger partial charge in [0.2, 0.25) is 5.91 Å². The number of rotatable bonds is 3. The van der Waals surface area contributed by atoms with Gasteiger partial charge in [-0.25, -0.2) is 0 Å². The topological polar surface area (TPSA) is 20.3 Å². The SMILES string of the molecule is CC(C)(C)C1CC(=O)N(CC2(CS)CC2)C1. The molecule has 16 heavy (non-hydrogen) atoms. The fourth-order valence-electron chi connectivity index (χ4n) is 2.45. The second kappa shape index (κ2) is 3.94. The van der Waals surface area contributed by atoms with Crippen molar-refractivity contribution in [3.8, 4) is 0 Å². The van der Waals surface area contributed by atoms with Crippen LogP contribution >= 0.6 is 12.6 Å². The first-order valence-corrected chi connectivity index (χ1v) is 6.88. The number of amides is 1. The summed E-state index contributed by atoms with van der Waals surface area (Å²) in [6.07, 6.45) is 3.24. The van der Waals surface area contributed by atoms with Gasteiger partial charge in [0, 0.05) is 19.5 Å². The van der Waals surface area contributed by atoms with E-state index in [0.29, 0.717) is 17.2 Å². The smallest absolute Gasteiger partial charge is 0.222 e. The van der Waals surface area contributed by atoms with Gasteiger partial charge in [-0.05, 0) is 35.3 Å². The first-order chi connectivity index (χ1) is 7.36. The minimum atomic E-state index is 0.252. The molecule has 1 aliphatic carbocycles. The summed E-state index contributed by atoms with van der Waals surface area (Å²) in [4.78, 5) is 14.0. The predicted molar refractivity (Wildman–Crippen MR) is 69.7 cm³/mol. The van der Waals surface area contributed by atoms with E-state index in [1.807, 2.05) is 0 Å². The molecule has 1 amide bonds. The van der Waals surface area contributed by atoms with E-state index >= 15 is 0 Å². The van der Waals surface area contributed by atoms with Crippen molar-refractivity contribution in [2.24, 2.45) is 16.7 Å². The Balaban J connectivity index is 1.95. The Morgan fingerprint density at radius 1 is 1.44 bits per heavy atom. The van der Waals surface area contributed by atoms with E-state index in [0.717, 1.165) is 25.3 Å². The molecule has 2 fully saturated rings. The molecule has 0 N–H and O–H groups in total. The van der Waals surface area contributed by atoms with Crippen LogP contribution in [0.3, 0.4) is 0 Å². The maximum absolute atomic E-state index is 12.0. The van der Waals surface area contributed by atoms with Gasteiger partial charge in [0.25, 0.3) is 0 Å². The summed E-state index contributed by atoms with van der Waals surface area (Å²) < 4.78 is 0. The van der Waals surface area contributed by atoms with Crippen molar-refractivity contribution < 1.29 is 4.79 Å². The molecule has 0 aromatic heterocycles. The van der Waals surface area contributed by atoms with E-state index in [9.17, 15) is 4.79 Å². The van der Waals surface area contributed by atoms with Gasteiger partial charge in [-0.3, -0.25) is 4.79 Å². The van der Waals surface area contributed by atoms with Crippen molar-refractivity contribution in [1.29, 1.82) is 0 Å². The van der Waals surface area contributed by atoms with Crippen LogP contribution in [0.1, 0.15) is 40.0 Å². The number of hydrogen-bond acceptors (Lipinski definition) is 2. The van der Waals surface area contributed by atoms with E-state index in [2.05, 4.69) is 38.3 Å². The highest BCUT2D eigenvalue weighted by atomic mass is 32.1. The van der Waals surface area contributed by atoms with Crippen LogP contribution in [-0.4, -0.2) is 29.6 Å². The third-order valence-electron chi connectivity index (χ3n) is 4.26. The monoisotopic (exact) mass is 241 g/mol. The molecule has 0 radical (unpaired) electrons. The van der Waals surface area contributed by atoms with Gasteiger partial charge in [0.15, 0.2) is 0 Å². The van der Waals surface area contributed by atoms with E-state index in [4.69, 9.17) is 0 Å². The first kappa shape index (κ1) is 12.3. The van der Waals surface area contributed by atoms with Crippen LogP contribution in [0.15, 0.2) is 0 Å². The molecule has 0 bridgehead atoms. The lowest BCUT2D eigenvalue weighted by atomic mass is 9.80. The zero-order valence-electron chi connectivity index (χ0n) is 10.6.